The first-order valence-electron chi connectivity index (χ1n) is 9.97. The zero-order chi connectivity index (χ0) is 22.0. The van der Waals surface area contributed by atoms with E-state index in [1.165, 1.54) is 16.7 Å². The van der Waals surface area contributed by atoms with Crippen molar-refractivity contribution in [3.63, 3.8) is 0 Å². The number of carbonyl (C=O) groups is 2. The van der Waals surface area contributed by atoms with Gasteiger partial charge in [-0.1, -0.05) is 6.07 Å². The summed E-state index contributed by atoms with van der Waals surface area (Å²) in [5, 5.41) is 16.9. The van der Waals surface area contributed by atoms with Crippen LogP contribution in [0.25, 0.3) is 22.2 Å². The van der Waals surface area contributed by atoms with Crippen LogP contribution in [0.1, 0.15) is 30.2 Å². The predicted molar refractivity (Wildman–Crippen MR) is 119 cm³/mol. The number of pyridine rings is 1. The molecule has 9 heteroatoms. The lowest BCUT2D eigenvalue weighted by Gasteiger charge is -2.18. The normalized spacial score (nSPS) is 15.9. The molecule has 3 aromatic rings. The number of aromatic nitrogens is 3. The average molecular weight is 435 g/mol. The summed E-state index contributed by atoms with van der Waals surface area (Å²) in [6.45, 7) is 3.97. The van der Waals surface area contributed by atoms with Crippen molar-refractivity contribution >= 4 is 34.5 Å². The fourth-order valence-electron chi connectivity index (χ4n) is 3.61. The Hall–Kier alpha value is -3.38. The highest BCUT2D eigenvalue weighted by molar-refractivity contribution is 7.99. The minimum absolute atomic E-state index is 0.152. The van der Waals surface area contributed by atoms with E-state index < -0.39 is 6.04 Å². The molecule has 1 N–H and O–H groups in total. The molecule has 0 aliphatic carbocycles. The van der Waals surface area contributed by atoms with Crippen molar-refractivity contribution in [2.24, 2.45) is 0 Å². The summed E-state index contributed by atoms with van der Waals surface area (Å²) in [7, 11) is 0. The average Bonchev–Trinajstić information content (AvgIpc) is 3.46. The fourth-order valence-corrected chi connectivity index (χ4v) is 4.71. The molecular weight excluding hydrogens is 412 g/mol. The first-order valence-corrected chi connectivity index (χ1v) is 11.1. The Bertz CT molecular complexity index is 1180. The van der Waals surface area contributed by atoms with Crippen LogP contribution in [0.3, 0.4) is 0 Å². The molecule has 1 saturated heterocycles. The second kappa shape index (κ2) is 8.78. The smallest absolute Gasteiger partial charge is 0.252 e. The minimum atomic E-state index is -0.440. The second-order valence-corrected chi connectivity index (χ2v) is 8.54. The zero-order valence-electron chi connectivity index (χ0n) is 17.3. The van der Waals surface area contributed by atoms with E-state index in [0.29, 0.717) is 28.1 Å². The number of carbonyl (C=O) groups excluding carboxylic acids is 2. The van der Waals surface area contributed by atoms with Gasteiger partial charge >= 0.3 is 0 Å². The lowest BCUT2D eigenvalue weighted by molar-refractivity contribution is -0.129. The molecule has 4 rings (SSSR count). The predicted octanol–water partition coefficient (Wildman–Crippen LogP) is 2.83. The summed E-state index contributed by atoms with van der Waals surface area (Å²) in [5.41, 5.74) is 3.03. The number of nitrogens with one attached hydrogen (secondary N) is 1. The van der Waals surface area contributed by atoms with E-state index in [4.69, 9.17) is 5.26 Å². The van der Waals surface area contributed by atoms with Crippen LogP contribution in [-0.2, 0) is 4.79 Å². The number of thioether (sulfide) groups is 1. The Morgan fingerprint density at radius 2 is 2.13 bits per heavy atom. The Balaban J connectivity index is 1.58. The van der Waals surface area contributed by atoms with Crippen LogP contribution in [-0.4, -0.2) is 55.7 Å². The quantitative estimate of drug-likeness (QED) is 0.662. The van der Waals surface area contributed by atoms with Crippen LogP contribution < -0.4 is 5.32 Å². The van der Waals surface area contributed by atoms with Crippen LogP contribution in [0.5, 0.6) is 0 Å². The third-order valence-electron chi connectivity index (χ3n) is 5.19. The van der Waals surface area contributed by atoms with E-state index in [1.54, 1.807) is 18.5 Å². The van der Waals surface area contributed by atoms with E-state index >= 15 is 0 Å². The summed E-state index contributed by atoms with van der Waals surface area (Å²) >= 11 is 1.53. The Morgan fingerprint density at radius 3 is 2.90 bits per heavy atom. The molecule has 1 fully saturated rings. The van der Waals surface area contributed by atoms with Crippen molar-refractivity contribution in [1.29, 1.82) is 5.26 Å². The monoisotopic (exact) mass is 434 g/mol. The van der Waals surface area contributed by atoms with Crippen molar-refractivity contribution in [2.75, 3.05) is 18.2 Å². The van der Waals surface area contributed by atoms with Crippen LogP contribution in [0, 0.1) is 11.3 Å². The number of benzene rings is 1. The number of amides is 2. The van der Waals surface area contributed by atoms with Crippen LogP contribution in [0.15, 0.2) is 42.7 Å². The van der Waals surface area contributed by atoms with Gasteiger partial charge in [-0.25, -0.2) is 0 Å². The van der Waals surface area contributed by atoms with Crippen LogP contribution in [0.2, 0.25) is 0 Å². The number of nitrogens with zero attached hydrogens (tertiary/aromatic N) is 5. The minimum Gasteiger partial charge on any atom is -0.343 e. The summed E-state index contributed by atoms with van der Waals surface area (Å²) in [6, 6.07) is 11.2. The Labute approximate surface area is 184 Å². The van der Waals surface area contributed by atoms with Gasteiger partial charge in [0.05, 0.1) is 35.3 Å². The molecule has 0 unspecified atom stereocenters. The first-order chi connectivity index (χ1) is 15.0. The molecule has 1 aliphatic heterocycles. The van der Waals surface area contributed by atoms with Gasteiger partial charge in [-0.15, -0.1) is 11.8 Å². The maximum absolute atomic E-state index is 12.9. The van der Waals surface area contributed by atoms with Gasteiger partial charge in [0.15, 0.2) is 0 Å². The highest BCUT2D eigenvalue weighted by Gasteiger charge is 2.29. The second-order valence-electron chi connectivity index (χ2n) is 7.54. The molecular formula is C22H22N6O2S. The van der Waals surface area contributed by atoms with Gasteiger partial charge < -0.3 is 10.2 Å². The molecule has 2 amide bonds. The highest BCUT2D eigenvalue weighted by atomic mass is 32.2. The van der Waals surface area contributed by atoms with E-state index in [0.717, 1.165) is 11.3 Å². The van der Waals surface area contributed by atoms with E-state index in [9.17, 15) is 9.59 Å². The van der Waals surface area contributed by atoms with Crippen LogP contribution >= 0.6 is 11.8 Å². The zero-order valence-corrected chi connectivity index (χ0v) is 18.1. The molecule has 0 bridgehead atoms. The number of rotatable bonds is 5. The summed E-state index contributed by atoms with van der Waals surface area (Å²) < 4.78 is 1.93. The number of hydrogen-bond donors (Lipinski definition) is 1. The molecule has 0 spiro atoms. The largest absolute Gasteiger partial charge is 0.343 e. The van der Waals surface area contributed by atoms with Crippen molar-refractivity contribution in [1.82, 2.24) is 25.0 Å². The summed E-state index contributed by atoms with van der Waals surface area (Å²) in [6.07, 6.45) is 3.34. The van der Waals surface area contributed by atoms with Gasteiger partial charge in [-0.3, -0.25) is 19.3 Å². The molecule has 1 aliphatic rings. The molecule has 31 heavy (non-hydrogen) atoms. The van der Waals surface area contributed by atoms with Gasteiger partial charge in [-0.2, -0.15) is 10.4 Å². The molecule has 158 valence electrons. The van der Waals surface area contributed by atoms with Crippen molar-refractivity contribution in [2.45, 2.75) is 25.9 Å². The van der Waals surface area contributed by atoms with Gasteiger partial charge in [0, 0.05) is 35.1 Å². The molecule has 2 aromatic heterocycles. The highest BCUT2D eigenvalue weighted by Crippen LogP contribution is 2.27. The van der Waals surface area contributed by atoms with Crippen molar-refractivity contribution < 1.29 is 9.59 Å². The lowest BCUT2D eigenvalue weighted by atomic mass is 10.0. The molecule has 8 nitrogen and oxygen atoms in total. The number of nitriles is 1. The third kappa shape index (κ3) is 4.11. The third-order valence-corrected chi connectivity index (χ3v) is 6.21. The molecule has 3 heterocycles. The molecule has 1 atom stereocenters. The standard InChI is InChI=1S/C22H22N6O2S/c1-14(2)28-20(6-8-26-28)15-3-4-19-18(9-15)17(5-7-24-19)22(30)25-11-21(29)27-13-31-12-16(27)10-23/h3-9,14,16H,11-13H2,1-2H3,(H,25,30)/t16-/m1/s1. The van der Waals surface area contributed by atoms with Crippen LogP contribution in [0.4, 0.5) is 0 Å². The van der Waals surface area contributed by atoms with E-state index in [-0.39, 0.29) is 24.4 Å². The van der Waals surface area contributed by atoms with Gasteiger partial charge in [0.25, 0.3) is 5.91 Å². The Kier molecular flexibility index (Phi) is 5.91. The van der Waals surface area contributed by atoms with E-state index in [1.807, 2.05) is 28.9 Å². The van der Waals surface area contributed by atoms with Crippen molar-refractivity contribution in [3.05, 3.63) is 48.3 Å². The SMILES string of the molecule is CC(C)n1nccc1-c1ccc2nccc(C(=O)NCC(=O)N3CSC[C@H]3C#N)c2c1. The van der Waals surface area contributed by atoms with Gasteiger partial charge in [-0.05, 0) is 38.1 Å². The van der Waals surface area contributed by atoms with E-state index in [2.05, 4.69) is 35.3 Å². The van der Waals surface area contributed by atoms with Gasteiger partial charge in [0.2, 0.25) is 5.91 Å². The number of fused-ring (bicyclic) bond motifs is 1. The maximum Gasteiger partial charge on any atom is 0.252 e. The molecule has 0 saturated carbocycles. The molecule has 1 aromatic carbocycles. The van der Waals surface area contributed by atoms with Gasteiger partial charge in [0.1, 0.15) is 6.04 Å². The summed E-state index contributed by atoms with van der Waals surface area (Å²) in [4.78, 5) is 31.2. The van der Waals surface area contributed by atoms with Crippen molar-refractivity contribution in [3.8, 4) is 17.3 Å². The molecule has 0 radical (unpaired) electrons. The maximum atomic E-state index is 12.9. The topological polar surface area (TPSA) is 104 Å². The first kappa shape index (κ1) is 20.9. The summed E-state index contributed by atoms with van der Waals surface area (Å²) in [5.74, 6) is 0.458. The number of hydrogen-bond acceptors (Lipinski definition) is 6. The lowest BCUT2D eigenvalue weighted by Crippen LogP contribution is -2.42. The Morgan fingerprint density at radius 1 is 1.29 bits per heavy atom. The fraction of sp³-hybridized carbons (Fsp3) is 0.318.